The molecular formula is C15H15F2NO. The number of benzene rings is 1. The second-order valence-corrected chi connectivity index (χ2v) is 5.05. The monoisotopic (exact) mass is 263 g/mol. The molecule has 0 aliphatic heterocycles. The molecule has 1 aliphatic rings. The van der Waals surface area contributed by atoms with Crippen LogP contribution in [-0.2, 0) is 13.0 Å². The first-order chi connectivity index (χ1) is 9.13. The molecule has 2 aromatic rings. The van der Waals surface area contributed by atoms with Crippen molar-refractivity contribution in [3.05, 3.63) is 58.9 Å². The Bertz CT molecular complexity index is 606. The molecule has 19 heavy (non-hydrogen) atoms. The highest BCUT2D eigenvalue weighted by Crippen LogP contribution is 2.30. The van der Waals surface area contributed by atoms with Crippen LogP contribution in [0.2, 0.25) is 0 Å². The summed E-state index contributed by atoms with van der Waals surface area (Å²) in [5.41, 5.74) is 2.35. The quantitative estimate of drug-likeness (QED) is 0.884. The lowest BCUT2D eigenvalue weighted by atomic mass is 9.93. The van der Waals surface area contributed by atoms with Gasteiger partial charge in [-0.15, -0.1) is 0 Å². The third-order valence-corrected chi connectivity index (χ3v) is 3.64. The molecule has 0 amide bonds. The Labute approximate surface area is 110 Å². The zero-order valence-electron chi connectivity index (χ0n) is 10.4. The van der Waals surface area contributed by atoms with E-state index in [0.717, 1.165) is 42.5 Å². The van der Waals surface area contributed by atoms with Crippen molar-refractivity contribution in [2.75, 3.05) is 0 Å². The number of hydrogen-bond acceptors (Lipinski definition) is 1. The van der Waals surface area contributed by atoms with Crippen molar-refractivity contribution < 1.29 is 13.9 Å². The first-order valence-corrected chi connectivity index (χ1v) is 6.44. The number of rotatable bonds is 2. The third-order valence-electron chi connectivity index (χ3n) is 3.64. The lowest BCUT2D eigenvalue weighted by Crippen LogP contribution is -2.05. The van der Waals surface area contributed by atoms with Crippen molar-refractivity contribution >= 4 is 0 Å². The predicted molar refractivity (Wildman–Crippen MR) is 67.8 cm³/mol. The summed E-state index contributed by atoms with van der Waals surface area (Å²) < 4.78 is 28.5. The van der Waals surface area contributed by atoms with Gasteiger partial charge in [-0.25, -0.2) is 8.78 Å². The average Bonchev–Trinajstić information content (AvgIpc) is 2.78. The summed E-state index contributed by atoms with van der Waals surface area (Å²) in [5, 5.41) is 9.89. The van der Waals surface area contributed by atoms with Gasteiger partial charge in [0.2, 0.25) is 0 Å². The molecule has 1 aromatic carbocycles. The molecule has 1 aliphatic carbocycles. The van der Waals surface area contributed by atoms with Crippen LogP contribution in [0, 0.1) is 11.6 Å². The Balaban J connectivity index is 1.89. The molecule has 1 heterocycles. The molecule has 1 atom stereocenters. The number of aromatic nitrogens is 1. The predicted octanol–water partition coefficient (Wildman–Crippen LogP) is 3.18. The summed E-state index contributed by atoms with van der Waals surface area (Å²) in [6.07, 6.45) is 6.00. The van der Waals surface area contributed by atoms with E-state index in [0.29, 0.717) is 5.56 Å². The fourth-order valence-corrected chi connectivity index (χ4v) is 2.68. The van der Waals surface area contributed by atoms with E-state index >= 15 is 0 Å². The minimum Gasteiger partial charge on any atom is -0.388 e. The molecule has 4 heteroatoms. The van der Waals surface area contributed by atoms with Crippen molar-refractivity contribution in [1.82, 2.24) is 4.57 Å². The van der Waals surface area contributed by atoms with Gasteiger partial charge in [0.25, 0.3) is 0 Å². The van der Waals surface area contributed by atoms with Crippen LogP contribution in [0.25, 0.3) is 0 Å². The van der Waals surface area contributed by atoms with Crippen LogP contribution in [0.4, 0.5) is 8.78 Å². The number of aliphatic hydroxyl groups excluding tert-OH is 1. The molecule has 100 valence electrons. The summed E-state index contributed by atoms with van der Waals surface area (Å²) in [4.78, 5) is 0. The Morgan fingerprint density at radius 1 is 1.26 bits per heavy atom. The summed E-state index contributed by atoms with van der Waals surface area (Å²) >= 11 is 0. The molecule has 0 saturated heterocycles. The summed E-state index contributed by atoms with van der Waals surface area (Å²) in [5.74, 6) is -0.845. The van der Waals surface area contributed by atoms with Crippen molar-refractivity contribution in [2.24, 2.45) is 0 Å². The molecule has 3 rings (SSSR count). The van der Waals surface area contributed by atoms with Gasteiger partial charge in [0.05, 0.1) is 12.6 Å². The molecule has 0 spiro atoms. The third kappa shape index (κ3) is 2.40. The van der Waals surface area contributed by atoms with Gasteiger partial charge in [0.1, 0.15) is 11.6 Å². The summed E-state index contributed by atoms with van der Waals surface area (Å²) in [6, 6.07) is 3.47. The van der Waals surface area contributed by atoms with Gasteiger partial charge in [0, 0.05) is 23.5 Å². The highest BCUT2D eigenvalue weighted by atomic mass is 19.1. The maximum atomic E-state index is 13.6. The normalized spacial score (nSPS) is 18.4. The van der Waals surface area contributed by atoms with Crippen molar-refractivity contribution in [1.29, 1.82) is 0 Å². The van der Waals surface area contributed by atoms with Gasteiger partial charge in [-0.3, -0.25) is 0 Å². The Hall–Kier alpha value is -1.68. The van der Waals surface area contributed by atoms with Crippen LogP contribution >= 0.6 is 0 Å². The molecule has 0 fully saturated rings. The summed E-state index contributed by atoms with van der Waals surface area (Å²) in [6.45, 7) is 0.281. The van der Waals surface area contributed by atoms with Gasteiger partial charge in [0.15, 0.2) is 0 Å². The zero-order valence-corrected chi connectivity index (χ0v) is 10.4. The number of aliphatic hydroxyl groups is 1. The molecule has 0 radical (unpaired) electrons. The van der Waals surface area contributed by atoms with Gasteiger partial charge < -0.3 is 9.67 Å². The molecule has 0 bridgehead atoms. The van der Waals surface area contributed by atoms with E-state index in [1.165, 1.54) is 6.07 Å². The number of halogens is 2. The van der Waals surface area contributed by atoms with Gasteiger partial charge >= 0.3 is 0 Å². The average molecular weight is 263 g/mol. The fraction of sp³-hybridized carbons (Fsp3) is 0.333. The molecular weight excluding hydrogens is 248 g/mol. The maximum Gasteiger partial charge on any atom is 0.128 e. The zero-order chi connectivity index (χ0) is 13.4. The molecule has 1 aromatic heterocycles. The topological polar surface area (TPSA) is 25.2 Å². The first kappa shape index (κ1) is 12.4. The SMILES string of the molecule is OC1CCCc2cn(Cc3cc(F)ccc3F)cc21. The van der Waals surface area contributed by atoms with Crippen LogP contribution in [0.15, 0.2) is 30.6 Å². The molecule has 1 N–H and O–H groups in total. The van der Waals surface area contributed by atoms with E-state index in [2.05, 4.69) is 0 Å². The van der Waals surface area contributed by atoms with E-state index < -0.39 is 17.7 Å². The lowest BCUT2D eigenvalue weighted by Gasteiger charge is -2.16. The van der Waals surface area contributed by atoms with E-state index in [1.54, 1.807) is 0 Å². The van der Waals surface area contributed by atoms with E-state index in [1.807, 2.05) is 17.0 Å². The Morgan fingerprint density at radius 3 is 2.89 bits per heavy atom. The second-order valence-electron chi connectivity index (χ2n) is 5.05. The lowest BCUT2D eigenvalue weighted by molar-refractivity contribution is 0.157. The standard InChI is InChI=1S/C15H15F2NO/c16-12-4-5-14(17)11(6-12)8-18-7-10-2-1-3-15(19)13(10)9-18/h4-7,9,15,19H,1-3,8H2. The number of hydrogen-bond donors (Lipinski definition) is 1. The molecule has 2 nitrogen and oxygen atoms in total. The van der Waals surface area contributed by atoms with Crippen molar-refractivity contribution in [2.45, 2.75) is 31.9 Å². The fourth-order valence-electron chi connectivity index (χ4n) is 2.68. The highest BCUT2D eigenvalue weighted by molar-refractivity contribution is 5.30. The number of aryl methyl sites for hydroxylation is 1. The van der Waals surface area contributed by atoms with Crippen LogP contribution in [-0.4, -0.2) is 9.67 Å². The largest absolute Gasteiger partial charge is 0.388 e. The highest BCUT2D eigenvalue weighted by Gasteiger charge is 2.20. The van der Waals surface area contributed by atoms with Crippen LogP contribution in [0.1, 0.15) is 35.6 Å². The van der Waals surface area contributed by atoms with Gasteiger partial charge in [-0.05, 0) is 43.0 Å². The van der Waals surface area contributed by atoms with Crippen LogP contribution in [0.5, 0.6) is 0 Å². The molecule has 0 saturated carbocycles. The van der Waals surface area contributed by atoms with E-state index in [9.17, 15) is 13.9 Å². The smallest absolute Gasteiger partial charge is 0.128 e. The van der Waals surface area contributed by atoms with Crippen LogP contribution < -0.4 is 0 Å². The number of fused-ring (bicyclic) bond motifs is 1. The second kappa shape index (κ2) is 4.78. The minimum absolute atomic E-state index is 0.281. The summed E-state index contributed by atoms with van der Waals surface area (Å²) in [7, 11) is 0. The molecule has 1 unspecified atom stereocenters. The van der Waals surface area contributed by atoms with Crippen molar-refractivity contribution in [3.8, 4) is 0 Å². The minimum atomic E-state index is -0.437. The van der Waals surface area contributed by atoms with E-state index in [4.69, 9.17) is 0 Å². The maximum absolute atomic E-state index is 13.6. The van der Waals surface area contributed by atoms with Crippen molar-refractivity contribution in [3.63, 3.8) is 0 Å². The van der Waals surface area contributed by atoms with E-state index in [-0.39, 0.29) is 6.54 Å². The first-order valence-electron chi connectivity index (χ1n) is 6.44. The van der Waals surface area contributed by atoms with Gasteiger partial charge in [-0.2, -0.15) is 0 Å². The van der Waals surface area contributed by atoms with Gasteiger partial charge in [-0.1, -0.05) is 0 Å². The van der Waals surface area contributed by atoms with Crippen LogP contribution in [0.3, 0.4) is 0 Å². The number of nitrogens with zero attached hydrogens (tertiary/aromatic N) is 1. The Kier molecular flexibility index (Phi) is 3.11. The Morgan fingerprint density at radius 2 is 2.11 bits per heavy atom.